The number of Topliss-reactive ketones (excluding diaryl/α,β-unsaturated/α-hetero) is 2. The van der Waals surface area contributed by atoms with Crippen LogP contribution in [0.3, 0.4) is 0 Å². The zero-order valence-electron chi connectivity index (χ0n) is 13.6. The first-order valence-electron chi connectivity index (χ1n) is 8.11. The van der Waals surface area contributed by atoms with E-state index in [1.165, 1.54) is 0 Å². The maximum Gasteiger partial charge on any atom is 0.208 e. The summed E-state index contributed by atoms with van der Waals surface area (Å²) in [5.41, 5.74) is 0.665. The highest BCUT2D eigenvalue weighted by Crippen LogP contribution is 2.55. The lowest BCUT2D eigenvalue weighted by Gasteiger charge is -2.39. The number of ether oxygens (including phenoxy) is 1. The minimum Gasteiger partial charge on any atom is -0.396 e. The molecule has 2 saturated heterocycles. The molecule has 4 unspecified atom stereocenters. The predicted molar refractivity (Wildman–Crippen MR) is 89.3 cm³/mol. The molecular formula is C16H21N3O4S. The van der Waals surface area contributed by atoms with Gasteiger partial charge in [-0.2, -0.15) is 12.6 Å². The van der Waals surface area contributed by atoms with E-state index < -0.39 is 11.6 Å². The fraction of sp³-hybridized carbons (Fsp3) is 0.625. The van der Waals surface area contributed by atoms with Crippen LogP contribution in [0.15, 0.2) is 22.5 Å². The summed E-state index contributed by atoms with van der Waals surface area (Å²) in [6, 6.07) is 0.268. The first-order valence-corrected chi connectivity index (χ1v) is 8.75. The number of carbonyl (C=O) groups excluding carboxylic acids is 2. The third kappa shape index (κ3) is 1.74. The number of ketones is 2. The molecule has 0 saturated carbocycles. The van der Waals surface area contributed by atoms with Crippen molar-refractivity contribution in [2.45, 2.75) is 24.7 Å². The molecule has 4 aliphatic rings. The molecule has 0 aromatic heterocycles. The van der Waals surface area contributed by atoms with Gasteiger partial charge in [0, 0.05) is 43.1 Å². The van der Waals surface area contributed by atoms with Crippen molar-refractivity contribution in [3.8, 4) is 0 Å². The highest BCUT2D eigenvalue weighted by atomic mass is 32.1. The summed E-state index contributed by atoms with van der Waals surface area (Å²) < 4.78 is 5.83. The fourth-order valence-corrected chi connectivity index (χ4v) is 4.65. The second-order valence-electron chi connectivity index (χ2n) is 6.62. The number of allylic oxidation sites excluding steroid dienone is 2. The molecule has 1 aliphatic carbocycles. The van der Waals surface area contributed by atoms with Crippen molar-refractivity contribution < 1.29 is 19.4 Å². The second-order valence-corrected chi connectivity index (χ2v) is 7.07. The van der Waals surface area contributed by atoms with E-state index in [9.17, 15) is 14.7 Å². The van der Waals surface area contributed by atoms with Crippen molar-refractivity contribution in [3.05, 3.63) is 22.5 Å². The Bertz CT molecular complexity index is 703. The van der Waals surface area contributed by atoms with E-state index in [-0.39, 0.29) is 30.3 Å². The molecule has 4 rings (SSSR count). The van der Waals surface area contributed by atoms with Gasteiger partial charge in [0.15, 0.2) is 5.72 Å². The number of rotatable bonds is 5. The maximum absolute atomic E-state index is 13.1. The van der Waals surface area contributed by atoms with Gasteiger partial charge in [-0.15, -0.1) is 0 Å². The van der Waals surface area contributed by atoms with Crippen LogP contribution in [0.5, 0.6) is 0 Å². The monoisotopic (exact) mass is 351 g/mol. The number of nitrogens with zero attached hydrogens (tertiary/aromatic N) is 1. The molecule has 0 aromatic carbocycles. The smallest absolute Gasteiger partial charge is 0.208 e. The van der Waals surface area contributed by atoms with Gasteiger partial charge < -0.3 is 25.4 Å². The van der Waals surface area contributed by atoms with Gasteiger partial charge in [-0.25, -0.2) is 0 Å². The summed E-state index contributed by atoms with van der Waals surface area (Å²) in [4.78, 5) is 28.0. The first-order chi connectivity index (χ1) is 11.5. The van der Waals surface area contributed by atoms with Crippen molar-refractivity contribution >= 4 is 24.2 Å². The van der Waals surface area contributed by atoms with Gasteiger partial charge in [-0.05, 0) is 6.92 Å². The number of thiol groups is 1. The van der Waals surface area contributed by atoms with Crippen LogP contribution in [0.2, 0.25) is 0 Å². The van der Waals surface area contributed by atoms with Crippen LogP contribution in [0, 0.1) is 5.92 Å². The molecule has 8 heteroatoms. The highest BCUT2D eigenvalue weighted by Gasteiger charge is 2.72. The highest BCUT2D eigenvalue weighted by molar-refractivity contribution is 7.80. The average molecular weight is 351 g/mol. The minimum atomic E-state index is -0.853. The van der Waals surface area contributed by atoms with Crippen molar-refractivity contribution in [2.75, 3.05) is 32.6 Å². The molecular weight excluding hydrogens is 330 g/mol. The quantitative estimate of drug-likeness (QED) is 0.281. The molecule has 0 radical (unpaired) electrons. The van der Waals surface area contributed by atoms with E-state index in [1.807, 2.05) is 4.90 Å². The molecule has 0 aromatic rings. The molecule has 0 amide bonds. The Kier molecular flexibility index (Phi) is 3.58. The van der Waals surface area contributed by atoms with Gasteiger partial charge in [0.05, 0.1) is 30.0 Å². The van der Waals surface area contributed by atoms with Crippen molar-refractivity contribution in [1.29, 1.82) is 0 Å². The topological polar surface area (TPSA) is 101 Å². The van der Waals surface area contributed by atoms with Crippen molar-refractivity contribution in [3.63, 3.8) is 0 Å². The van der Waals surface area contributed by atoms with Crippen LogP contribution in [0.1, 0.15) is 6.92 Å². The number of piperazine rings is 1. The van der Waals surface area contributed by atoms with Gasteiger partial charge in [0.25, 0.3) is 0 Å². The van der Waals surface area contributed by atoms with E-state index in [4.69, 9.17) is 4.74 Å². The van der Waals surface area contributed by atoms with Gasteiger partial charge >= 0.3 is 0 Å². The largest absolute Gasteiger partial charge is 0.396 e. The van der Waals surface area contributed by atoms with Gasteiger partial charge in [0.2, 0.25) is 11.6 Å². The molecule has 2 fully saturated rings. The van der Waals surface area contributed by atoms with Crippen molar-refractivity contribution in [1.82, 2.24) is 15.5 Å². The Morgan fingerprint density at radius 3 is 2.83 bits per heavy atom. The van der Waals surface area contributed by atoms with E-state index in [0.29, 0.717) is 41.4 Å². The van der Waals surface area contributed by atoms with E-state index in [1.54, 1.807) is 14.0 Å². The standard InChI is InChI=1S/C16H21N3O4S/c1-7-11(17-3-4-24)14(22)10-8(6-20)16(23-2)15-9(18-15)5-19(16)12(10)13(7)21/h8-9,15,17-18,20,24H,3-6H2,1-2H3. The van der Waals surface area contributed by atoms with E-state index in [2.05, 4.69) is 23.3 Å². The molecule has 3 aliphatic heterocycles. The molecule has 24 heavy (non-hydrogen) atoms. The Morgan fingerprint density at radius 1 is 1.46 bits per heavy atom. The molecule has 130 valence electrons. The van der Waals surface area contributed by atoms with Crippen LogP contribution in [-0.4, -0.2) is 71.9 Å². The molecule has 3 N–H and O–H groups in total. The van der Waals surface area contributed by atoms with Crippen LogP contribution in [0.25, 0.3) is 0 Å². The fourth-order valence-electron chi connectivity index (χ4n) is 4.54. The Morgan fingerprint density at radius 2 is 2.21 bits per heavy atom. The molecule has 7 nitrogen and oxygen atoms in total. The lowest BCUT2D eigenvalue weighted by Crippen LogP contribution is -2.54. The normalized spacial score (nSPS) is 37.0. The van der Waals surface area contributed by atoms with Crippen LogP contribution in [-0.2, 0) is 14.3 Å². The lowest BCUT2D eigenvalue weighted by molar-refractivity contribution is -0.137. The van der Waals surface area contributed by atoms with Crippen LogP contribution < -0.4 is 10.6 Å². The Labute approximate surface area is 145 Å². The third-order valence-corrected chi connectivity index (χ3v) is 5.86. The van der Waals surface area contributed by atoms with E-state index in [0.717, 1.165) is 0 Å². The first kappa shape index (κ1) is 16.1. The van der Waals surface area contributed by atoms with Crippen LogP contribution >= 0.6 is 12.6 Å². The number of nitrogens with one attached hydrogen (secondary N) is 2. The van der Waals surface area contributed by atoms with E-state index >= 15 is 0 Å². The number of hydrogen-bond donors (Lipinski definition) is 4. The molecule has 4 atom stereocenters. The summed E-state index contributed by atoms with van der Waals surface area (Å²) in [5.74, 6) is -0.370. The number of fused-ring (bicyclic) bond motifs is 4. The van der Waals surface area contributed by atoms with Gasteiger partial charge in [-0.3, -0.25) is 9.59 Å². The number of carbonyl (C=O) groups is 2. The molecule has 0 bridgehead atoms. The number of methoxy groups -OCH3 is 1. The summed E-state index contributed by atoms with van der Waals surface area (Å²) in [7, 11) is 1.58. The summed E-state index contributed by atoms with van der Waals surface area (Å²) in [6.45, 7) is 2.53. The van der Waals surface area contributed by atoms with Crippen LogP contribution in [0.4, 0.5) is 0 Å². The van der Waals surface area contributed by atoms with Gasteiger partial charge in [-0.1, -0.05) is 0 Å². The number of hydrogen-bond acceptors (Lipinski definition) is 8. The Hall–Kier alpha value is -1.35. The minimum absolute atomic E-state index is 0.0278. The predicted octanol–water partition coefficient (Wildman–Crippen LogP) is -1.19. The maximum atomic E-state index is 13.1. The van der Waals surface area contributed by atoms with Crippen molar-refractivity contribution in [2.24, 2.45) is 5.92 Å². The average Bonchev–Trinajstić information content (AvgIpc) is 3.19. The summed E-state index contributed by atoms with van der Waals surface area (Å²) in [5, 5.41) is 16.4. The summed E-state index contributed by atoms with van der Waals surface area (Å²) in [6.07, 6.45) is 0. The number of aliphatic hydroxyl groups excluding tert-OH is 1. The zero-order valence-corrected chi connectivity index (χ0v) is 14.5. The molecule has 0 spiro atoms. The Balaban J connectivity index is 1.81. The molecule has 3 heterocycles. The number of aliphatic hydroxyl groups is 1. The SMILES string of the molecule is COC12C(CO)C3=C(C(=O)C(C)=C(NCCS)C3=O)N1CC1NC12. The second kappa shape index (κ2) is 5.32. The zero-order chi connectivity index (χ0) is 17.2. The lowest BCUT2D eigenvalue weighted by atomic mass is 9.82. The third-order valence-electron chi connectivity index (χ3n) is 5.63. The van der Waals surface area contributed by atoms with Gasteiger partial charge in [0.1, 0.15) is 0 Å². The summed E-state index contributed by atoms with van der Waals surface area (Å²) >= 11 is 4.14.